The molecule has 2 heterocycles. The fourth-order valence-electron chi connectivity index (χ4n) is 2.98. The number of carbonyl (C=O) groups excluding carboxylic acids is 1. The lowest BCUT2D eigenvalue weighted by molar-refractivity contribution is -0.120. The second-order valence-corrected chi connectivity index (χ2v) is 8.28. The summed E-state index contributed by atoms with van der Waals surface area (Å²) in [6.45, 7) is 2.30. The molecule has 0 bridgehead atoms. The van der Waals surface area contributed by atoms with Crippen LogP contribution < -0.4 is 5.32 Å². The SMILES string of the molecule is Cc1ccc(F)c(NC(=O)C2CCN(S(=O)(=O)c3cccnc3)CC2)c1. The Morgan fingerprint density at radius 1 is 1.27 bits per heavy atom. The zero-order valence-electron chi connectivity index (χ0n) is 14.4. The summed E-state index contributed by atoms with van der Waals surface area (Å²) in [6.07, 6.45) is 3.60. The summed E-state index contributed by atoms with van der Waals surface area (Å²) < 4.78 is 40.3. The summed E-state index contributed by atoms with van der Waals surface area (Å²) in [4.78, 5) is 16.4. The van der Waals surface area contributed by atoms with Gasteiger partial charge in [0.2, 0.25) is 15.9 Å². The maximum absolute atomic E-state index is 13.8. The van der Waals surface area contributed by atoms with Gasteiger partial charge in [0.15, 0.2) is 0 Å². The first-order valence-electron chi connectivity index (χ1n) is 8.35. The van der Waals surface area contributed by atoms with Gasteiger partial charge in [0.1, 0.15) is 10.7 Å². The van der Waals surface area contributed by atoms with Crippen molar-refractivity contribution < 1.29 is 17.6 Å². The van der Waals surface area contributed by atoms with E-state index in [0.717, 1.165) is 5.56 Å². The van der Waals surface area contributed by atoms with Crippen LogP contribution in [0.5, 0.6) is 0 Å². The molecule has 1 aliphatic heterocycles. The number of amides is 1. The summed E-state index contributed by atoms with van der Waals surface area (Å²) >= 11 is 0. The van der Waals surface area contributed by atoms with Crippen LogP contribution in [0.25, 0.3) is 0 Å². The van der Waals surface area contributed by atoms with Gasteiger partial charge in [0.05, 0.1) is 5.69 Å². The summed E-state index contributed by atoms with van der Waals surface area (Å²) in [6, 6.07) is 7.60. The molecule has 6 nitrogen and oxygen atoms in total. The number of sulfonamides is 1. The molecular formula is C18H20FN3O3S. The molecule has 1 aromatic heterocycles. The van der Waals surface area contributed by atoms with Crippen LogP contribution in [0, 0.1) is 18.7 Å². The standard InChI is InChI=1S/C18H20FN3O3S/c1-13-4-5-16(19)17(11-13)21-18(23)14-6-9-22(10-7-14)26(24,25)15-3-2-8-20-12-15/h2-5,8,11-12,14H,6-7,9-10H2,1H3,(H,21,23). The van der Waals surface area contributed by atoms with Crippen LogP contribution in [0.3, 0.4) is 0 Å². The van der Waals surface area contributed by atoms with Gasteiger partial charge in [-0.05, 0) is 49.6 Å². The maximum atomic E-state index is 13.8. The monoisotopic (exact) mass is 377 g/mol. The van der Waals surface area contributed by atoms with E-state index in [2.05, 4.69) is 10.3 Å². The Hall–Kier alpha value is -2.32. The number of hydrogen-bond donors (Lipinski definition) is 1. The number of pyridine rings is 1. The number of nitrogens with one attached hydrogen (secondary N) is 1. The highest BCUT2D eigenvalue weighted by atomic mass is 32.2. The number of halogens is 1. The summed E-state index contributed by atoms with van der Waals surface area (Å²) in [5, 5.41) is 2.61. The second-order valence-electron chi connectivity index (χ2n) is 6.34. The average Bonchev–Trinajstić information content (AvgIpc) is 2.65. The van der Waals surface area contributed by atoms with Gasteiger partial charge in [-0.15, -0.1) is 0 Å². The van der Waals surface area contributed by atoms with Crippen LogP contribution >= 0.6 is 0 Å². The van der Waals surface area contributed by atoms with Crippen molar-refractivity contribution in [2.24, 2.45) is 5.92 Å². The van der Waals surface area contributed by atoms with Gasteiger partial charge >= 0.3 is 0 Å². The van der Waals surface area contributed by atoms with Crippen molar-refractivity contribution in [2.45, 2.75) is 24.7 Å². The van der Waals surface area contributed by atoms with E-state index in [1.165, 1.54) is 28.8 Å². The molecule has 0 spiro atoms. The van der Waals surface area contributed by atoms with Gasteiger partial charge in [0.25, 0.3) is 0 Å². The Morgan fingerprint density at radius 2 is 2.00 bits per heavy atom. The number of carbonyl (C=O) groups is 1. The number of piperidine rings is 1. The molecule has 1 N–H and O–H groups in total. The fraction of sp³-hybridized carbons (Fsp3) is 0.333. The predicted octanol–water partition coefficient (Wildman–Crippen LogP) is 2.57. The van der Waals surface area contributed by atoms with Crippen molar-refractivity contribution in [3.8, 4) is 0 Å². The Labute approximate surface area is 152 Å². The van der Waals surface area contributed by atoms with E-state index < -0.39 is 15.8 Å². The molecule has 1 aliphatic rings. The lowest BCUT2D eigenvalue weighted by atomic mass is 9.97. The van der Waals surface area contributed by atoms with Crippen molar-refractivity contribution in [1.82, 2.24) is 9.29 Å². The van der Waals surface area contributed by atoms with E-state index in [9.17, 15) is 17.6 Å². The molecule has 0 unspecified atom stereocenters. The minimum absolute atomic E-state index is 0.143. The summed E-state index contributed by atoms with van der Waals surface area (Å²) in [5.74, 6) is -1.12. The maximum Gasteiger partial charge on any atom is 0.244 e. The average molecular weight is 377 g/mol. The number of aromatic nitrogens is 1. The zero-order valence-corrected chi connectivity index (χ0v) is 15.2. The third-order valence-corrected chi connectivity index (χ3v) is 6.36. The summed E-state index contributed by atoms with van der Waals surface area (Å²) in [5.41, 5.74) is 1.000. The van der Waals surface area contributed by atoms with Crippen molar-refractivity contribution in [3.63, 3.8) is 0 Å². The first-order chi connectivity index (χ1) is 12.4. The molecule has 1 fully saturated rings. The van der Waals surface area contributed by atoms with E-state index in [1.807, 2.05) is 6.92 Å². The Balaban J connectivity index is 1.63. The number of benzene rings is 1. The first kappa shape index (κ1) is 18.5. The van der Waals surface area contributed by atoms with Gasteiger partial charge in [-0.3, -0.25) is 9.78 Å². The van der Waals surface area contributed by atoms with Crippen LogP contribution in [0.15, 0.2) is 47.6 Å². The number of hydrogen-bond acceptors (Lipinski definition) is 4. The predicted molar refractivity (Wildman–Crippen MR) is 95.5 cm³/mol. The van der Waals surface area contributed by atoms with E-state index in [4.69, 9.17) is 0 Å². The minimum Gasteiger partial charge on any atom is -0.323 e. The van der Waals surface area contributed by atoms with Crippen molar-refractivity contribution in [2.75, 3.05) is 18.4 Å². The van der Waals surface area contributed by atoms with Gasteiger partial charge in [0, 0.05) is 31.4 Å². The molecule has 1 saturated heterocycles. The normalized spacial score (nSPS) is 16.4. The van der Waals surface area contributed by atoms with Crippen LogP contribution in [-0.4, -0.2) is 36.7 Å². The lowest BCUT2D eigenvalue weighted by Crippen LogP contribution is -2.41. The van der Waals surface area contributed by atoms with Gasteiger partial charge < -0.3 is 5.32 Å². The smallest absolute Gasteiger partial charge is 0.244 e. The summed E-state index contributed by atoms with van der Waals surface area (Å²) in [7, 11) is -3.60. The van der Waals surface area contributed by atoms with Crippen LogP contribution in [0.1, 0.15) is 18.4 Å². The quantitative estimate of drug-likeness (QED) is 0.888. The van der Waals surface area contributed by atoms with Crippen molar-refractivity contribution >= 4 is 21.6 Å². The molecule has 8 heteroatoms. The highest BCUT2D eigenvalue weighted by Crippen LogP contribution is 2.25. The third kappa shape index (κ3) is 3.91. The van der Waals surface area contributed by atoms with Crippen molar-refractivity contribution in [3.05, 3.63) is 54.1 Å². The molecule has 0 aliphatic carbocycles. The van der Waals surface area contributed by atoms with E-state index in [1.54, 1.807) is 18.2 Å². The molecule has 3 rings (SSSR count). The molecule has 0 radical (unpaired) electrons. The molecule has 0 saturated carbocycles. The highest BCUT2D eigenvalue weighted by molar-refractivity contribution is 7.89. The number of aryl methyl sites for hydroxylation is 1. The topological polar surface area (TPSA) is 79.4 Å². The van der Waals surface area contributed by atoms with Crippen LogP contribution in [0.2, 0.25) is 0 Å². The number of nitrogens with zero attached hydrogens (tertiary/aromatic N) is 2. The Bertz CT molecular complexity index is 895. The zero-order chi connectivity index (χ0) is 18.7. The third-order valence-electron chi connectivity index (χ3n) is 4.48. The van der Waals surface area contributed by atoms with E-state index in [-0.39, 0.29) is 35.5 Å². The fourth-order valence-corrected chi connectivity index (χ4v) is 4.41. The molecule has 1 amide bonds. The van der Waals surface area contributed by atoms with Crippen molar-refractivity contribution in [1.29, 1.82) is 0 Å². The highest BCUT2D eigenvalue weighted by Gasteiger charge is 2.32. The Kier molecular flexibility index (Phi) is 5.33. The van der Waals surface area contributed by atoms with E-state index in [0.29, 0.717) is 12.8 Å². The molecule has 0 atom stereocenters. The molecule has 2 aromatic rings. The van der Waals surface area contributed by atoms with Crippen LogP contribution in [0.4, 0.5) is 10.1 Å². The first-order valence-corrected chi connectivity index (χ1v) is 9.79. The molecule has 26 heavy (non-hydrogen) atoms. The Morgan fingerprint density at radius 3 is 2.65 bits per heavy atom. The van der Waals surface area contributed by atoms with Gasteiger partial charge in [-0.2, -0.15) is 4.31 Å². The minimum atomic E-state index is -3.60. The van der Waals surface area contributed by atoms with Gasteiger partial charge in [-0.1, -0.05) is 6.07 Å². The molecule has 138 valence electrons. The lowest BCUT2D eigenvalue weighted by Gasteiger charge is -2.30. The van der Waals surface area contributed by atoms with E-state index >= 15 is 0 Å². The molecular weight excluding hydrogens is 357 g/mol. The second kappa shape index (κ2) is 7.51. The largest absolute Gasteiger partial charge is 0.323 e. The van der Waals surface area contributed by atoms with Gasteiger partial charge in [-0.25, -0.2) is 12.8 Å². The van der Waals surface area contributed by atoms with Crippen LogP contribution in [-0.2, 0) is 14.8 Å². The molecule has 1 aromatic carbocycles. The number of anilines is 1. The number of rotatable bonds is 4.